The van der Waals surface area contributed by atoms with Crippen molar-refractivity contribution in [3.63, 3.8) is 0 Å². The number of aliphatic hydroxyl groups excluding tert-OH is 2. The van der Waals surface area contributed by atoms with Crippen molar-refractivity contribution >= 4 is 29.7 Å². The molecule has 13 heteroatoms. The van der Waals surface area contributed by atoms with Gasteiger partial charge in [-0.05, 0) is 26.2 Å². The van der Waals surface area contributed by atoms with Crippen LogP contribution in [0.25, 0.3) is 0 Å². The first kappa shape index (κ1) is 28.2. The Bertz CT molecular complexity index is 666. The number of hydrogen-bond acceptors (Lipinski definition) is 8. The van der Waals surface area contributed by atoms with Crippen LogP contribution in [-0.2, 0) is 24.0 Å². The lowest BCUT2D eigenvalue weighted by atomic mass is 10.0. The molecule has 31 heavy (non-hydrogen) atoms. The second-order valence-corrected chi connectivity index (χ2v) is 7.56. The second kappa shape index (κ2) is 12.8. The number of carboxylic acids is 2. The third-order valence-electron chi connectivity index (χ3n) is 4.40. The molecule has 0 aromatic carbocycles. The molecule has 0 spiro atoms. The number of carbonyl (C=O) groups excluding carboxylic acids is 3. The summed E-state index contributed by atoms with van der Waals surface area (Å²) in [7, 11) is 0. The first-order chi connectivity index (χ1) is 14.2. The summed E-state index contributed by atoms with van der Waals surface area (Å²) >= 11 is 0. The standard InChI is InChI=1S/C18H32N4O9/c1-7(2)13(17(29)22-14(9(4)24)18(30)31)21-15(27)10(5-6-11(25)26)20-16(28)12(19)8(3)23/h7-10,12-14,23-24H,5-6,19H2,1-4H3,(H,20,28)(H,21,27)(H,22,29)(H,25,26)(H,30,31). The molecule has 0 saturated heterocycles. The summed E-state index contributed by atoms with van der Waals surface area (Å²) in [5.74, 6) is -5.91. The van der Waals surface area contributed by atoms with E-state index in [2.05, 4.69) is 16.0 Å². The molecule has 0 aromatic heterocycles. The summed E-state index contributed by atoms with van der Waals surface area (Å²) in [6, 6.07) is -5.61. The van der Waals surface area contributed by atoms with Crippen LogP contribution in [0.2, 0.25) is 0 Å². The fraction of sp³-hybridized carbons (Fsp3) is 0.722. The molecule has 0 radical (unpaired) electrons. The minimum Gasteiger partial charge on any atom is -0.481 e. The van der Waals surface area contributed by atoms with E-state index in [4.69, 9.17) is 15.9 Å². The third kappa shape index (κ3) is 9.72. The summed E-state index contributed by atoms with van der Waals surface area (Å²) < 4.78 is 0. The molecule has 6 unspecified atom stereocenters. The van der Waals surface area contributed by atoms with E-state index in [1.807, 2.05) is 0 Å². The van der Waals surface area contributed by atoms with E-state index in [1.54, 1.807) is 13.8 Å². The van der Waals surface area contributed by atoms with Crippen LogP contribution in [0.1, 0.15) is 40.5 Å². The highest BCUT2D eigenvalue weighted by atomic mass is 16.4. The van der Waals surface area contributed by atoms with Gasteiger partial charge in [0.25, 0.3) is 0 Å². The molecule has 0 bridgehead atoms. The van der Waals surface area contributed by atoms with Crippen molar-refractivity contribution in [3.05, 3.63) is 0 Å². The van der Waals surface area contributed by atoms with Gasteiger partial charge < -0.3 is 42.1 Å². The maximum Gasteiger partial charge on any atom is 0.328 e. The van der Waals surface area contributed by atoms with E-state index in [1.165, 1.54) is 13.8 Å². The number of amides is 3. The van der Waals surface area contributed by atoms with E-state index >= 15 is 0 Å². The summed E-state index contributed by atoms with van der Waals surface area (Å²) in [5.41, 5.74) is 5.52. The van der Waals surface area contributed by atoms with Crippen LogP contribution in [0.15, 0.2) is 0 Å². The first-order valence-electron chi connectivity index (χ1n) is 9.66. The molecule has 0 heterocycles. The Hall–Kier alpha value is -2.77. The molecule has 6 atom stereocenters. The molecule has 13 nitrogen and oxygen atoms in total. The molecule has 0 saturated carbocycles. The minimum atomic E-state index is -1.61. The number of carbonyl (C=O) groups is 5. The fourth-order valence-electron chi connectivity index (χ4n) is 2.44. The van der Waals surface area contributed by atoms with Crippen LogP contribution >= 0.6 is 0 Å². The largest absolute Gasteiger partial charge is 0.481 e. The SMILES string of the molecule is CC(C)C(NC(=O)C(CCC(=O)O)NC(=O)C(N)C(C)O)C(=O)NC(C(=O)O)C(C)O. The molecule has 0 fully saturated rings. The molecule has 0 rings (SSSR count). The zero-order valence-corrected chi connectivity index (χ0v) is 17.9. The number of nitrogens with one attached hydrogen (secondary N) is 3. The maximum absolute atomic E-state index is 12.7. The zero-order chi connectivity index (χ0) is 24.5. The Morgan fingerprint density at radius 2 is 1.29 bits per heavy atom. The predicted octanol–water partition coefficient (Wildman–Crippen LogP) is -2.86. The highest BCUT2D eigenvalue weighted by Crippen LogP contribution is 2.07. The smallest absolute Gasteiger partial charge is 0.328 e. The number of hydrogen-bond donors (Lipinski definition) is 8. The van der Waals surface area contributed by atoms with E-state index in [-0.39, 0.29) is 6.42 Å². The molecular formula is C18H32N4O9. The molecule has 0 aliphatic carbocycles. The molecule has 3 amide bonds. The molecule has 178 valence electrons. The maximum atomic E-state index is 12.7. The zero-order valence-electron chi connectivity index (χ0n) is 17.9. The van der Waals surface area contributed by atoms with Crippen molar-refractivity contribution in [2.24, 2.45) is 11.7 Å². The number of rotatable bonds is 13. The Morgan fingerprint density at radius 3 is 1.68 bits per heavy atom. The normalized spacial score (nSPS) is 16.9. The van der Waals surface area contributed by atoms with Crippen molar-refractivity contribution < 1.29 is 44.4 Å². The van der Waals surface area contributed by atoms with Gasteiger partial charge in [0.15, 0.2) is 6.04 Å². The van der Waals surface area contributed by atoms with Gasteiger partial charge in [-0.3, -0.25) is 19.2 Å². The van der Waals surface area contributed by atoms with E-state index in [0.29, 0.717) is 0 Å². The topological polar surface area (TPSA) is 228 Å². The van der Waals surface area contributed by atoms with Gasteiger partial charge in [0.2, 0.25) is 17.7 Å². The van der Waals surface area contributed by atoms with Crippen LogP contribution < -0.4 is 21.7 Å². The number of aliphatic hydroxyl groups is 2. The minimum absolute atomic E-state index is 0.322. The average Bonchev–Trinajstić information content (AvgIpc) is 2.64. The Kier molecular flexibility index (Phi) is 11.7. The van der Waals surface area contributed by atoms with E-state index < -0.39 is 78.4 Å². The van der Waals surface area contributed by atoms with Gasteiger partial charge in [0.1, 0.15) is 18.1 Å². The Morgan fingerprint density at radius 1 is 0.774 bits per heavy atom. The van der Waals surface area contributed by atoms with Crippen LogP contribution in [-0.4, -0.2) is 86.5 Å². The van der Waals surface area contributed by atoms with Gasteiger partial charge in [-0.15, -0.1) is 0 Å². The van der Waals surface area contributed by atoms with E-state index in [9.17, 15) is 34.2 Å². The van der Waals surface area contributed by atoms with Gasteiger partial charge >= 0.3 is 11.9 Å². The average molecular weight is 448 g/mol. The number of nitrogens with two attached hydrogens (primary N) is 1. The summed E-state index contributed by atoms with van der Waals surface area (Å²) in [6.45, 7) is 5.56. The summed E-state index contributed by atoms with van der Waals surface area (Å²) in [4.78, 5) is 59.4. The summed E-state index contributed by atoms with van der Waals surface area (Å²) in [6.07, 6.45) is -3.44. The van der Waals surface area contributed by atoms with Crippen molar-refractivity contribution in [1.82, 2.24) is 16.0 Å². The van der Waals surface area contributed by atoms with Crippen LogP contribution in [0, 0.1) is 5.92 Å². The van der Waals surface area contributed by atoms with Crippen LogP contribution in [0.3, 0.4) is 0 Å². The van der Waals surface area contributed by atoms with Crippen LogP contribution in [0.5, 0.6) is 0 Å². The summed E-state index contributed by atoms with van der Waals surface area (Å²) in [5, 5.41) is 43.7. The first-order valence-corrected chi connectivity index (χ1v) is 9.66. The van der Waals surface area contributed by atoms with Gasteiger partial charge in [-0.2, -0.15) is 0 Å². The van der Waals surface area contributed by atoms with Gasteiger partial charge in [0.05, 0.1) is 12.2 Å². The van der Waals surface area contributed by atoms with Crippen molar-refractivity contribution in [3.8, 4) is 0 Å². The lowest BCUT2D eigenvalue weighted by Gasteiger charge is -2.27. The molecule has 0 aliphatic heterocycles. The second-order valence-electron chi connectivity index (χ2n) is 7.56. The Balaban J connectivity index is 5.49. The fourth-order valence-corrected chi connectivity index (χ4v) is 2.44. The Labute approximate surface area is 179 Å². The lowest BCUT2D eigenvalue weighted by molar-refractivity contribution is -0.145. The molecule has 0 aromatic rings. The molecule has 0 aliphatic rings. The highest BCUT2D eigenvalue weighted by molar-refractivity contribution is 5.94. The molecular weight excluding hydrogens is 416 g/mol. The number of carboxylic acid groups (broad SMARTS) is 2. The van der Waals surface area contributed by atoms with Crippen molar-refractivity contribution in [2.75, 3.05) is 0 Å². The van der Waals surface area contributed by atoms with Gasteiger partial charge in [0, 0.05) is 6.42 Å². The molecule has 9 N–H and O–H groups in total. The number of aliphatic carboxylic acids is 2. The van der Waals surface area contributed by atoms with Crippen LogP contribution in [0.4, 0.5) is 0 Å². The van der Waals surface area contributed by atoms with Gasteiger partial charge in [-0.1, -0.05) is 13.8 Å². The van der Waals surface area contributed by atoms with Gasteiger partial charge in [-0.25, -0.2) is 4.79 Å². The van der Waals surface area contributed by atoms with Crippen molar-refractivity contribution in [2.45, 2.75) is 76.9 Å². The monoisotopic (exact) mass is 448 g/mol. The quantitative estimate of drug-likeness (QED) is 0.144. The third-order valence-corrected chi connectivity index (χ3v) is 4.40. The lowest BCUT2D eigenvalue weighted by Crippen LogP contribution is -2.60. The van der Waals surface area contributed by atoms with E-state index in [0.717, 1.165) is 0 Å². The van der Waals surface area contributed by atoms with Crippen molar-refractivity contribution in [1.29, 1.82) is 0 Å². The predicted molar refractivity (Wildman–Crippen MR) is 106 cm³/mol. The highest BCUT2D eigenvalue weighted by Gasteiger charge is 2.33.